The van der Waals surface area contributed by atoms with Crippen molar-refractivity contribution in [2.24, 2.45) is 0 Å². The lowest BCUT2D eigenvalue weighted by Gasteiger charge is -2.20. The molecule has 0 aromatic carbocycles. The van der Waals surface area contributed by atoms with Crippen molar-refractivity contribution >= 4 is 17.3 Å². The van der Waals surface area contributed by atoms with Crippen LogP contribution < -0.4 is 0 Å². The quantitative estimate of drug-likeness (QED) is 0.824. The van der Waals surface area contributed by atoms with Gasteiger partial charge in [0.15, 0.2) is 0 Å². The molecule has 1 N–H and O–H groups in total. The summed E-state index contributed by atoms with van der Waals surface area (Å²) in [5.74, 6) is 2.61. The van der Waals surface area contributed by atoms with Crippen molar-refractivity contribution in [3.63, 3.8) is 0 Å². The van der Waals surface area contributed by atoms with E-state index in [1.165, 1.54) is 25.0 Å². The molecule has 0 spiro atoms. The number of imidazole rings is 1. The van der Waals surface area contributed by atoms with Gasteiger partial charge in [0.25, 0.3) is 0 Å². The molecule has 1 unspecified atom stereocenters. The lowest BCUT2D eigenvalue weighted by Crippen LogP contribution is -2.06. The highest BCUT2D eigenvalue weighted by Crippen LogP contribution is 2.38. The van der Waals surface area contributed by atoms with Crippen LogP contribution in [0.15, 0.2) is 24.5 Å². The van der Waals surface area contributed by atoms with Gasteiger partial charge in [-0.1, -0.05) is 6.42 Å². The SMILES string of the molecule is Oc1cccn2c(C3CCCCS3)ncc12. The van der Waals surface area contributed by atoms with Gasteiger partial charge < -0.3 is 5.11 Å². The van der Waals surface area contributed by atoms with Gasteiger partial charge in [0.2, 0.25) is 0 Å². The van der Waals surface area contributed by atoms with Gasteiger partial charge in [-0.15, -0.1) is 0 Å². The fraction of sp³-hybridized carbons (Fsp3) is 0.417. The minimum absolute atomic E-state index is 0.307. The number of aromatic hydroxyl groups is 1. The molecule has 1 aliphatic rings. The van der Waals surface area contributed by atoms with Crippen LogP contribution >= 0.6 is 11.8 Å². The Labute approximate surface area is 98.5 Å². The molecule has 4 heteroatoms. The second-order valence-corrected chi connectivity index (χ2v) is 5.43. The number of fused-ring (bicyclic) bond motifs is 1. The zero-order valence-electron chi connectivity index (χ0n) is 8.97. The molecule has 1 atom stereocenters. The fourth-order valence-corrected chi connectivity index (χ4v) is 3.52. The predicted octanol–water partition coefficient (Wildman–Crippen LogP) is 3.00. The highest BCUT2D eigenvalue weighted by molar-refractivity contribution is 7.99. The van der Waals surface area contributed by atoms with Crippen LogP contribution in [0.3, 0.4) is 0 Å². The zero-order valence-corrected chi connectivity index (χ0v) is 9.78. The zero-order chi connectivity index (χ0) is 11.0. The van der Waals surface area contributed by atoms with E-state index in [0.29, 0.717) is 11.0 Å². The molecular formula is C12H14N2OS. The Balaban J connectivity index is 2.06. The molecule has 16 heavy (non-hydrogen) atoms. The van der Waals surface area contributed by atoms with Crippen LogP contribution in [-0.4, -0.2) is 20.2 Å². The highest BCUT2D eigenvalue weighted by Gasteiger charge is 2.20. The number of pyridine rings is 1. The first kappa shape index (κ1) is 10.0. The van der Waals surface area contributed by atoms with E-state index in [1.807, 2.05) is 28.4 Å². The van der Waals surface area contributed by atoms with E-state index in [4.69, 9.17) is 0 Å². The van der Waals surface area contributed by atoms with Crippen molar-refractivity contribution in [3.05, 3.63) is 30.4 Å². The van der Waals surface area contributed by atoms with E-state index in [-0.39, 0.29) is 0 Å². The van der Waals surface area contributed by atoms with E-state index >= 15 is 0 Å². The van der Waals surface area contributed by atoms with Crippen molar-refractivity contribution < 1.29 is 5.11 Å². The van der Waals surface area contributed by atoms with Crippen LogP contribution in [-0.2, 0) is 0 Å². The molecule has 1 aliphatic heterocycles. The maximum Gasteiger partial charge on any atom is 0.141 e. The summed E-state index contributed by atoms with van der Waals surface area (Å²) in [6.07, 6.45) is 7.53. The van der Waals surface area contributed by atoms with E-state index in [9.17, 15) is 5.11 Å². The van der Waals surface area contributed by atoms with Gasteiger partial charge in [-0.3, -0.25) is 4.40 Å². The van der Waals surface area contributed by atoms with Crippen LogP contribution in [0.1, 0.15) is 30.3 Å². The Bertz CT molecular complexity index is 503. The summed E-state index contributed by atoms with van der Waals surface area (Å²) in [6, 6.07) is 3.57. The molecule has 0 radical (unpaired) electrons. The summed E-state index contributed by atoms with van der Waals surface area (Å²) in [5.41, 5.74) is 0.809. The minimum atomic E-state index is 0.307. The molecule has 3 nitrogen and oxygen atoms in total. The molecule has 1 saturated heterocycles. The molecule has 2 aromatic rings. The lowest BCUT2D eigenvalue weighted by atomic mass is 10.2. The second-order valence-electron chi connectivity index (χ2n) is 4.12. The maximum atomic E-state index is 9.72. The molecule has 0 aliphatic carbocycles. The molecule has 0 saturated carbocycles. The van der Waals surface area contributed by atoms with Gasteiger partial charge in [-0.2, -0.15) is 11.8 Å². The van der Waals surface area contributed by atoms with Crippen LogP contribution in [0.2, 0.25) is 0 Å². The molecular weight excluding hydrogens is 220 g/mol. The standard InChI is InChI=1S/C12H14N2OS/c15-10-4-3-6-14-9(10)8-13-12(14)11-5-1-2-7-16-11/h3-4,6,8,11,15H,1-2,5,7H2. The van der Waals surface area contributed by atoms with E-state index in [1.54, 1.807) is 12.3 Å². The summed E-state index contributed by atoms with van der Waals surface area (Å²) in [4.78, 5) is 4.46. The number of hydrogen-bond donors (Lipinski definition) is 1. The molecule has 2 aromatic heterocycles. The molecule has 0 amide bonds. The Hall–Kier alpha value is -1.16. The summed E-state index contributed by atoms with van der Waals surface area (Å²) in [6.45, 7) is 0. The Morgan fingerprint density at radius 3 is 3.19 bits per heavy atom. The monoisotopic (exact) mass is 234 g/mol. The average Bonchev–Trinajstić information content (AvgIpc) is 2.75. The van der Waals surface area contributed by atoms with Crippen LogP contribution in [0.4, 0.5) is 0 Å². The molecule has 0 bridgehead atoms. The Morgan fingerprint density at radius 1 is 1.44 bits per heavy atom. The van der Waals surface area contributed by atoms with Crippen LogP contribution in [0, 0.1) is 0 Å². The lowest BCUT2D eigenvalue weighted by molar-refractivity contribution is 0.478. The largest absolute Gasteiger partial charge is 0.506 e. The summed E-state index contributed by atoms with van der Waals surface area (Å²) < 4.78 is 2.01. The van der Waals surface area contributed by atoms with Gasteiger partial charge >= 0.3 is 0 Å². The molecule has 84 valence electrons. The normalized spacial score (nSPS) is 21.4. The number of hydrogen-bond acceptors (Lipinski definition) is 3. The third-order valence-corrected chi connectivity index (χ3v) is 4.42. The van der Waals surface area contributed by atoms with Crippen molar-refractivity contribution in [1.29, 1.82) is 0 Å². The van der Waals surface area contributed by atoms with Gasteiger partial charge in [-0.25, -0.2) is 4.98 Å². The van der Waals surface area contributed by atoms with Crippen molar-refractivity contribution in [3.8, 4) is 5.75 Å². The van der Waals surface area contributed by atoms with Gasteiger partial charge in [0.05, 0.1) is 11.4 Å². The van der Waals surface area contributed by atoms with Gasteiger partial charge in [0, 0.05) is 6.20 Å². The third kappa shape index (κ3) is 1.57. The fourth-order valence-electron chi connectivity index (χ4n) is 2.21. The van der Waals surface area contributed by atoms with Crippen LogP contribution in [0.25, 0.3) is 5.52 Å². The number of aromatic nitrogens is 2. The first-order valence-corrected chi connectivity index (χ1v) is 6.67. The minimum Gasteiger partial charge on any atom is -0.506 e. The second kappa shape index (κ2) is 4.01. The maximum absolute atomic E-state index is 9.72. The van der Waals surface area contributed by atoms with Gasteiger partial charge in [0.1, 0.15) is 17.1 Å². The summed E-state index contributed by atoms with van der Waals surface area (Å²) in [7, 11) is 0. The number of rotatable bonds is 1. The molecule has 1 fully saturated rings. The van der Waals surface area contributed by atoms with Crippen molar-refractivity contribution in [2.45, 2.75) is 24.5 Å². The smallest absolute Gasteiger partial charge is 0.141 e. The first-order chi connectivity index (χ1) is 7.86. The topological polar surface area (TPSA) is 37.5 Å². The number of thioether (sulfide) groups is 1. The summed E-state index contributed by atoms with van der Waals surface area (Å²) >= 11 is 1.98. The third-order valence-electron chi connectivity index (χ3n) is 3.04. The van der Waals surface area contributed by atoms with E-state index in [0.717, 1.165) is 11.3 Å². The Morgan fingerprint density at radius 2 is 2.38 bits per heavy atom. The van der Waals surface area contributed by atoms with Gasteiger partial charge in [-0.05, 0) is 30.7 Å². The summed E-state index contributed by atoms with van der Waals surface area (Å²) in [5, 5.41) is 10.2. The predicted molar refractivity (Wildman–Crippen MR) is 65.9 cm³/mol. The first-order valence-electron chi connectivity index (χ1n) is 5.63. The van der Waals surface area contributed by atoms with Crippen LogP contribution in [0.5, 0.6) is 5.75 Å². The Kier molecular flexibility index (Phi) is 2.52. The van der Waals surface area contributed by atoms with Crippen molar-refractivity contribution in [1.82, 2.24) is 9.38 Å². The molecule has 3 heterocycles. The number of nitrogens with zero attached hydrogens (tertiary/aromatic N) is 2. The van der Waals surface area contributed by atoms with E-state index in [2.05, 4.69) is 4.98 Å². The van der Waals surface area contributed by atoms with Crippen molar-refractivity contribution in [2.75, 3.05) is 5.75 Å². The molecule has 3 rings (SSSR count). The highest BCUT2D eigenvalue weighted by atomic mass is 32.2. The van der Waals surface area contributed by atoms with E-state index < -0.39 is 0 Å². The average molecular weight is 234 g/mol.